The first kappa shape index (κ1) is 23.8. The van der Waals surface area contributed by atoms with Crippen molar-refractivity contribution in [3.8, 4) is 11.4 Å². The van der Waals surface area contributed by atoms with E-state index in [1.54, 1.807) is 0 Å². The molecule has 0 aliphatic rings. The van der Waals surface area contributed by atoms with E-state index in [-0.39, 0.29) is 15.5 Å². The average Bonchev–Trinajstić information content (AvgIpc) is 3.13. The molecule has 0 saturated carbocycles. The van der Waals surface area contributed by atoms with Crippen LogP contribution in [0.4, 0.5) is 17.6 Å². The molecule has 3 rings (SSSR count). The molecule has 0 atom stereocenters. The lowest BCUT2D eigenvalue weighted by molar-refractivity contribution is -0.143. The van der Waals surface area contributed by atoms with Crippen molar-refractivity contribution in [1.82, 2.24) is 19.7 Å². The summed E-state index contributed by atoms with van der Waals surface area (Å²) in [4.78, 5) is 11.9. The first-order valence-electron chi connectivity index (χ1n) is 8.24. The van der Waals surface area contributed by atoms with Crippen molar-refractivity contribution in [3.05, 3.63) is 63.6 Å². The Hall–Kier alpha value is -2.90. The summed E-state index contributed by atoms with van der Waals surface area (Å²) in [5.74, 6) is -2.50. The molecular formula is C17H10Cl2F4N4O4S. The third-order valence-electron chi connectivity index (χ3n) is 3.95. The zero-order chi connectivity index (χ0) is 23.8. The number of nitrogens with one attached hydrogen (secondary N) is 1. The van der Waals surface area contributed by atoms with Gasteiger partial charge in [-0.05, 0) is 30.3 Å². The van der Waals surface area contributed by atoms with Gasteiger partial charge in [0.15, 0.2) is 11.4 Å². The summed E-state index contributed by atoms with van der Waals surface area (Å²) in [6.07, 6.45) is -5.22. The average molecular weight is 513 g/mol. The normalized spacial score (nSPS) is 12.0. The number of benzene rings is 2. The molecule has 1 N–H and O–H groups in total. The Kier molecular flexibility index (Phi) is 6.36. The van der Waals surface area contributed by atoms with Gasteiger partial charge in [0.1, 0.15) is 16.5 Å². The third-order valence-corrected chi connectivity index (χ3v) is 6.06. The lowest BCUT2D eigenvalue weighted by Crippen LogP contribution is -2.33. The molecule has 0 saturated heterocycles. The van der Waals surface area contributed by atoms with E-state index < -0.39 is 54.9 Å². The van der Waals surface area contributed by atoms with Crippen LogP contribution in [0.15, 0.2) is 41.3 Å². The Morgan fingerprint density at radius 3 is 2.41 bits per heavy atom. The molecule has 170 valence electrons. The predicted molar refractivity (Wildman–Crippen MR) is 104 cm³/mol. The van der Waals surface area contributed by atoms with Crippen molar-refractivity contribution in [3.63, 3.8) is 0 Å². The van der Waals surface area contributed by atoms with Gasteiger partial charge in [0.25, 0.3) is 15.9 Å². The second kappa shape index (κ2) is 8.56. The number of halogens is 6. The summed E-state index contributed by atoms with van der Waals surface area (Å²) in [5, 5.41) is 5.64. The molecule has 0 aliphatic heterocycles. The second-order valence-electron chi connectivity index (χ2n) is 6.02. The van der Waals surface area contributed by atoms with Gasteiger partial charge >= 0.3 is 6.18 Å². The van der Waals surface area contributed by atoms with Crippen molar-refractivity contribution in [2.45, 2.75) is 11.1 Å². The van der Waals surface area contributed by atoms with Crippen LogP contribution in [0.1, 0.15) is 16.2 Å². The van der Waals surface area contributed by atoms with E-state index in [4.69, 9.17) is 27.9 Å². The van der Waals surface area contributed by atoms with Crippen LogP contribution in [0, 0.1) is 5.82 Å². The van der Waals surface area contributed by atoms with Crippen LogP contribution >= 0.6 is 23.2 Å². The molecule has 2 aromatic carbocycles. The molecule has 8 nitrogen and oxygen atoms in total. The highest BCUT2D eigenvalue weighted by atomic mass is 35.5. The molecule has 0 spiro atoms. The fraction of sp³-hybridized carbons (Fsp3) is 0.118. The molecule has 0 bridgehead atoms. The molecule has 32 heavy (non-hydrogen) atoms. The van der Waals surface area contributed by atoms with Gasteiger partial charge < -0.3 is 4.74 Å². The monoisotopic (exact) mass is 512 g/mol. The fourth-order valence-corrected chi connectivity index (χ4v) is 4.27. The van der Waals surface area contributed by atoms with Crippen molar-refractivity contribution in [2.75, 3.05) is 7.11 Å². The van der Waals surface area contributed by atoms with E-state index in [0.29, 0.717) is 0 Å². The van der Waals surface area contributed by atoms with Crippen LogP contribution in [0.5, 0.6) is 5.75 Å². The maximum absolute atomic E-state index is 13.7. The highest BCUT2D eigenvalue weighted by Gasteiger charge is 2.43. The van der Waals surface area contributed by atoms with Crippen LogP contribution in [0.25, 0.3) is 5.69 Å². The minimum absolute atomic E-state index is 0.0649. The summed E-state index contributed by atoms with van der Waals surface area (Å²) < 4.78 is 86.1. The Labute approximate surface area is 187 Å². The highest BCUT2D eigenvalue weighted by molar-refractivity contribution is 7.90. The van der Waals surface area contributed by atoms with Gasteiger partial charge in [0.05, 0.1) is 22.8 Å². The van der Waals surface area contributed by atoms with Crippen molar-refractivity contribution >= 4 is 39.1 Å². The largest absolute Gasteiger partial charge is 0.497 e. The molecule has 3 aromatic rings. The number of alkyl halides is 3. The van der Waals surface area contributed by atoms with Gasteiger partial charge in [-0.1, -0.05) is 28.4 Å². The molecule has 1 aromatic heterocycles. The first-order valence-corrected chi connectivity index (χ1v) is 10.5. The SMILES string of the molecule is COc1ccc(Cl)c(S(=O)(=O)NC(=O)c2nnn(-c3ccc(F)cc3Cl)c2C(F)(F)F)c1. The Morgan fingerprint density at radius 1 is 1.12 bits per heavy atom. The van der Waals surface area contributed by atoms with Gasteiger partial charge in [0.2, 0.25) is 0 Å². The summed E-state index contributed by atoms with van der Waals surface area (Å²) >= 11 is 11.6. The number of ether oxygens (including phenoxy) is 1. The predicted octanol–water partition coefficient (Wildman–Crippen LogP) is 3.86. The molecule has 0 unspecified atom stereocenters. The molecule has 15 heteroatoms. The third kappa shape index (κ3) is 4.64. The maximum atomic E-state index is 13.7. The van der Waals surface area contributed by atoms with E-state index in [2.05, 4.69) is 10.3 Å². The van der Waals surface area contributed by atoms with Crippen molar-refractivity contribution in [1.29, 1.82) is 0 Å². The fourth-order valence-electron chi connectivity index (χ4n) is 2.55. The lowest BCUT2D eigenvalue weighted by Gasteiger charge is -2.13. The van der Waals surface area contributed by atoms with Crippen LogP contribution in [0.2, 0.25) is 10.0 Å². The topological polar surface area (TPSA) is 103 Å². The Morgan fingerprint density at radius 2 is 1.81 bits per heavy atom. The summed E-state index contributed by atoms with van der Waals surface area (Å²) in [7, 11) is -3.49. The van der Waals surface area contributed by atoms with Crippen molar-refractivity contribution in [2.24, 2.45) is 0 Å². The van der Waals surface area contributed by atoms with Gasteiger partial charge in [0, 0.05) is 6.07 Å². The van der Waals surface area contributed by atoms with E-state index in [1.165, 1.54) is 17.9 Å². The quantitative estimate of drug-likeness (QED) is 0.520. The minimum atomic E-state index is -5.22. The van der Waals surface area contributed by atoms with Crippen LogP contribution < -0.4 is 9.46 Å². The summed E-state index contributed by atoms with van der Waals surface area (Å²) in [5.41, 5.74) is -3.53. The maximum Gasteiger partial charge on any atom is 0.435 e. The first-order chi connectivity index (χ1) is 14.8. The Bertz CT molecular complexity index is 1310. The molecular weight excluding hydrogens is 503 g/mol. The van der Waals surface area contributed by atoms with E-state index >= 15 is 0 Å². The summed E-state index contributed by atoms with van der Waals surface area (Å²) in [6, 6.07) is 5.90. The lowest BCUT2D eigenvalue weighted by atomic mass is 10.2. The van der Waals surface area contributed by atoms with E-state index in [9.17, 15) is 30.8 Å². The smallest absolute Gasteiger partial charge is 0.435 e. The van der Waals surface area contributed by atoms with Gasteiger partial charge in [-0.25, -0.2) is 22.2 Å². The number of sulfonamides is 1. The van der Waals surface area contributed by atoms with Gasteiger partial charge in [-0.2, -0.15) is 13.2 Å². The van der Waals surface area contributed by atoms with Crippen LogP contribution in [-0.2, 0) is 16.2 Å². The van der Waals surface area contributed by atoms with Gasteiger partial charge in [-0.3, -0.25) is 4.79 Å². The number of methoxy groups -OCH3 is 1. The van der Waals surface area contributed by atoms with Crippen molar-refractivity contribution < 1.29 is 35.5 Å². The van der Waals surface area contributed by atoms with Crippen LogP contribution in [-0.4, -0.2) is 36.4 Å². The standard InChI is InChI=1S/C17H10Cl2F4N4O4S/c1-31-9-3-4-10(18)13(7-9)32(29,30)25-16(28)14-15(17(21,22)23)27(26-24-14)12-5-2-8(20)6-11(12)19/h2-7H,1H3,(H,25,28). The van der Waals surface area contributed by atoms with E-state index in [1.807, 2.05) is 0 Å². The van der Waals surface area contributed by atoms with Gasteiger partial charge in [-0.15, -0.1) is 5.10 Å². The molecule has 0 aliphatic carbocycles. The number of aromatic nitrogens is 3. The number of nitrogens with zero attached hydrogens (tertiary/aromatic N) is 3. The molecule has 1 heterocycles. The second-order valence-corrected chi connectivity index (χ2v) is 8.49. The zero-order valence-corrected chi connectivity index (χ0v) is 17.9. The number of amides is 1. The number of carbonyl (C=O) groups is 1. The minimum Gasteiger partial charge on any atom is -0.497 e. The molecule has 0 fully saturated rings. The number of carbonyl (C=O) groups excluding carboxylic acids is 1. The molecule has 0 radical (unpaired) electrons. The number of rotatable bonds is 5. The zero-order valence-electron chi connectivity index (χ0n) is 15.6. The Balaban J connectivity index is 2.07. The highest BCUT2D eigenvalue weighted by Crippen LogP contribution is 2.35. The number of hydrogen-bond donors (Lipinski definition) is 1. The summed E-state index contributed by atoms with van der Waals surface area (Å²) in [6.45, 7) is 0. The number of hydrogen-bond acceptors (Lipinski definition) is 6. The van der Waals surface area contributed by atoms with Crippen LogP contribution in [0.3, 0.4) is 0 Å². The van der Waals surface area contributed by atoms with E-state index in [0.717, 1.165) is 30.3 Å². The molecule has 1 amide bonds.